The number of hydrogen-bond acceptors (Lipinski definition) is 5. The summed E-state index contributed by atoms with van der Waals surface area (Å²) < 4.78 is 12.2. The van der Waals surface area contributed by atoms with E-state index in [2.05, 4.69) is 31.5 Å². The molecule has 1 saturated heterocycles. The van der Waals surface area contributed by atoms with Crippen molar-refractivity contribution in [3.05, 3.63) is 64.8 Å². The fraction of sp³-hybridized carbons (Fsp3) is 0.217. The largest absolute Gasteiger partial charge is 0.451 e. The average molecular weight is 484 g/mol. The van der Waals surface area contributed by atoms with E-state index in [1.165, 1.54) is 6.92 Å². The molecule has 0 spiro atoms. The van der Waals surface area contributed by atoms with Crippen molar-refractivity contribution >= 4 is 44.8 Å². The van der Waals surface area contributed by atoms with Crippen LogP contribution in [0.1, 0.15) is 17.5 Å². The highest BCUT2D eigenvalue weighted by atomic mass is 79.9. The molecule has 2 N–H and O–H groups in total. The third-order valence-corrected chi connectivity index (χ3v) is 5.41. The molecule has 1 aliphatic heterocycles. The van der Waals surface area contributed by atoms with E-state index in [0.717, 1.165) is 15.7 Å². The molecule has 1 aliphatic rings. The number of nitrogens with zero attached hydrogens (tertiary/aromatic N) is 1. The summed E-state index contributed by atoms with van der Waals surface area (Å²) in [6.45, 7) is 4.06. The van der Waals surface area contributed by atoms with E-state index in [1.807, 2.05) is 30.3 Å². The van der Waals surface area contributed by atoms with Gasteiger partial charge in [-0.1, -0.05) is 28.1 Å². The fourth-order valence-corrected chi connectivity index (χ4v) is 3.66. The number of ether oxygens (including phenoxy) is 1. The second-order valence-corrected chi connectivity index (χ2v) is 8.05. The minimum atomic E-state index is -0.342. The number of halogens is 1. The van der Waals surface area contributed by atoms with Gasteiger partial charge in [-0.05, 0) is 42.5 Å². The first-order valence-electron chi connectivity index (χ1n) is 9.91. The van der Waals surface area contributed by atoms with Crippen molar-refractivity contribution in [3.63, 3.8) is 0 Å². The monoisotopic (exact) mass is 483 g/mol. The maximum absolute atomic E-state index is 12.9. The predicted octanol–water partition coefficient (Wildman–Crippen LogP) is 4.76. The first kappa shape index (κ1) is 21.1. The van der Waals surface area contributed by atoms with Crippen LogP contribution in [-0.4, -0.2) is 38.1 Å². The van der Waals surface area contributed by atoms with E-state index >= 15 is 0 Å². The summed E-state index contributed by atoms with van der Waals surface area (Å²) in [6.07, 6.45) is 0. The topological polar surface area (TPSA) is 83.8 Å². The summed E-state index contributed by atoms with van der Waals surface area (Å²) in [7, 11) is 0. The second-order valence-electron chi connectivity index (χ2n) is 7.14. The van der Waals surface area contributed by atoms with E-state index in [0.29, 0.717) is 43.4 Å². The Labute approximate surface area is 188 Å². The Bertz CT molecular complexity index is 1090. The van der Waals surface area contributed by atoms with Crippen molar-refractivity contribution in [3.8, 4) is 11.3 Å². The number of anilines is 3. The summed E-state index contributed by atoms with van der Waals surface area (Å²) >= 11 is 3.41. The zero-order valence-corrected chi connectivity index (χ0v) is 18.6. The summed E-state index contributed by atoms with van der Waals surface area (Å²) in [5.41, 5.74) is 3.02. The molecule has 8 heteroatoms. The van der Waals surface area contributed by atoms with Gasteiger partial charge in [0.05, 0.1) is 24.6 Å². The zero-order chi connectivity index (χ0) is 21.8. The molecule has 160 valence electrons. The first-order valence-corrected chi connectivity index (χ1v) is 10.7. The van der Waals surface area contributed by atoms with Gasteiger partial charge >= 0.3 is 0 Å². The van der Waals surface area contributed by atoms with Gasteiger partial charge in [0.1, 0.15) is 5.76 Å². The van der Waals surface area contributed by atoms with E-state index < -0.39 is 0 Å². The Hall–Kier alpha value is -3.10. The molecule has 0 unspecified atom stereocenters. The van der Waals surface area contributed by atoms with Crippen molar-refractivity contribution in [2.75, 3.05) is 41.8 Å². The van der Waals surface area contributed by atoms with Crippen LogP contribution in [0.4, 0.5) is 17.1 Å². The Morgan fingerprint density at radius 2 is 1.71 bits per heavy atom. The predicted molar refractivity (Wildman–Crippen MR) is 124 cm³/mol. The third kappa shape index (κ3) is 5.15. The molecule has 0 atom stereocenters. The van der Waals surface area contributed by atoms with Crippen molar-refractivity contribution in [1.29, 1.82) is 0 Å². The van der Waals surface area contributed by atoms with Crippen molar-refractivity contribution in [2.24, 2.45) is 0 Å². The zero-order valence-electron chi connectivity index (χ0n) is 17.0. The Balaban J connectivity index is 1.57. The molecular formula is C23H22BrN3O4. The van der Waals surface area contributed by atoms with Gasteiger partial charge in [-0.2, -0.15) is 0 Å². The van der Waals surface area contributed by atoms with Gasteiger partial charge in [0.2, 0.25) is 5.91 Å². The average Bonchev–Trinajstić information content (AvgIpc) is 3.26. The third-order valence-electron chi connectivity index (χ3n) is 4.88. The molecule has 3 aromatic rings. The summed E-state index contributed by atoms with van der Waals surface area (Å²) in [5, 5.41) is 5.73. The van der Waals surface area contributed by atoms with Crippen LogP contribution in [0.15, 0.2) is 63.5 Å². The summed E-state index contributed by atoms with van der Waals surface area (Å²) in [6, 6.07) is 16.5. The maximum atomic E-state index is 12.9. The highest BCUT2D eigenvalue weighted by Crippen LogP contribution is 2.31. The van der Waals surface area contributed by atoms with E-state index in [9.17, 15) is 9.59 Å². The van der Waals surface area contributed by atoms with Gasteiger partial charge in [-0.25, -0.2) is 0 Å². The number of carbonyl (C=O) groups is 2. The summed E-state index contributed by atoms with van der Waals surface area (Å²) in [4.78, 5) is 26.5. The number of furan rings is 1. The lowest BCUT2D eigenvalue weighted by Gasteiger charge is -2.31. The number of carbonyl (C=O) groups excluding carboxylic acids is 2. The lowest BCUT2D eigenvalue weighted by atomic mass is 10.2. The van der Waals surface area contributed by atoms with Crippen LogP contribution < -0.4 is 15.5 Å². The molecule has 0 radical (unpaired) electrons. The highest BCUT2D eigenvalue weighted by molar-refractivity contribution is 9.10. The SMILES string of the molecule is CC(=O)Nc1ccc(NC(=O)c2ccc(-c3ccc(Br)cc3)o2)c(N2CCOCC2)c1. The molecule has 0 bridgehead atoms. The normalized spacial score (nSPS) is 13.7. The molecular weight excluding hydrogens is 462 g/mol. The quantitative estimate of drug-likeness (QED) is 0.546. The molecule has 0 aliphatic carbocycles. The second kappa shape index (κ2) is 9.36. The number of hydrogen-bond donors (Lipinski definition) is 2. The molecule has 4 rings (SSSR count). The number of morpholine rings is 1. The molecule has 1 fully saturated rings. The number of amides is 2. The van der Waals surface area contributed by atoms with Crippen LogP contribution in [0.2, 0.25) is 0 Å². The summed E-state index contributed by atoms with van der Waals surface area (Å²) in [5.74, 6) is 0.342. The number of benzene rings is 2. The van der Waals surface area contributed by atoms with Gasteiger partial charge < -0.3 is 24.7 Å². The van der Waals surface area contributed by atoms with Crippen molar-refractivity contribution in [2.45, 2.75) is 6.92 Å². The molecule has 0 saturated carbocycles. The minimum absolute atomic E-state index is 0.152. The van der Waals surface area contributed by atoms with Crippen LogP contribution in [-0.2, 0) is 9.53 Å². The molecule has 7 nitrogen and oxygen atoms in total. The lowest BCUT2D eigenvalue weighted by Crippen LogP contribution is -2.36. The van der Waals surface area contributed by atoms with Gasteiger partial charge in [0.25, 0.3) is 5.91 Å². The Morgan fingerprint density at radius 1 is 0.968 bits per heavy atom. The van der Waals surface area contributed by atoms with Gasteiger partial charge in [-0.15, -0.1) is 0 Å². The molecule has 2 amide bonds. The number of nitrogens with one attached hydrogen (secondary N) is 2. The van der Waals surface area contributed by atoms with Crippen LogP contribution in [0.3, 0.4) is 0 Å². The highest BCUT2D eigenvalue weighted by Gasteiger charge is 2.19. The Kier molecular flexibility index (Phi) is 6.39. The van der Waals surface area contributed by atoms with Gasteiger partial charge in [-0.3, -0.25) is 9.59 Å². The van der Waals surface area contributed by atoms with E-state index in [4.69, 9.17) is 9.15 Å². The van der Waals surface area contributed by atoms with Crippen molar-refractivity contribution in [1.82, 2.24) is 0 Å². The number of rotatable bonds is 5. The van der Waals surface area contributed by atoms with Crippen molar-refractivity contribution < 1.29 is 18.7 Å². The lowest BCUT2D eigenvalue weighted by molar-refractivity contribution is -0.114. The first-order chi connectivity index (χ1) is 15.0. The Morgan fingerprint density at radius 3 is 2.42 bits per heavy atom. The van der Waals surface area contributed by atoms with E-state index in [-0.39, 0.29) is 17.6 Å². The molecule has 2 heterocycles. The van der Waals surface area contributed by atoms with Crippen LogP contribution >= 0.6 is 15.9 Å². The fourth-order valence-electron chi connectivity index (χ4n) is 3.40. The van der Waals surface area contributed by atoms with Gasteiger partial charge in [0, 0.05) is 35.7 Å². The standard InChI is InChI=1S/C23H22BrN3O4/c1-15(28)25-18-6-7-19(20(14-18)27-10-12-30-13-11-27)26-23(29)22-9-8-21(31-22)16-2-4-17(24)5-3-16/h2-9,14H,10-13H2,1H3,(H,25,28)(H,26,29). The van der Waals surface area contributed by atoms with Crippen LogP contribution in [0, 0.1) is 0 Å². The minimum Gasteiger partial charge on any atom is -0.451 e. The molecule has 1 aromatic heterocycles. The molecule has 2 aromatic carbocycles. The maximum Gasteiger partial charge on any atom is 0.291 e. The molecule has 31 heavy (non-hydrogen) atoms. The van der Waals surface area contributed by atoms with E-state index in [1.54, 1.807) is 24.3 Å². The smallest absolute Gasteiger partial charge is 0.291 e. The van der Waals surface area contributed by atoms with Crippen LogP contribution in [0.5, 0.6) is 0 Å². The van der Waals surface area contributed by atoms with Crippen LogP contribution in [0.25, 0.3) is 11.3 Å². The van der Waals surface area contributed by atoms with Gasteiger partial charge in [0.15, 0.2) is 5.76 Å².